The molecule has 0 radical (unpaired) electrons. The van der Waals surface area contributed by atoms with Crippen LogP contribution < -0.4 is 0 Å². The summed E-state index contributed by atoms with van der Waals surface area (Å²) in [6.45, 7) is 14.4. The summed E-state index contributed by atoms with van der Waals surface area (Å²) in [5.74, 6) is 0. The van der Waals surface area contributed by atoms with Crippen LogP contribution in [0.5, 0.6) is 0 Å². The van der Waals surface area contributed by atoms with E-state index in [1.54, 1.807) is 0 Å². The summed E-state index contributed by atoms with van der Waals surface area (Å²) in [7, 11) is 0. The lowest BCUT2D eigenvalue weighted by Crippen LogP contribution is -2.46. The Kier molecular flexibility index (Phi) is 6.45. The van der Waals surface area contributed by atoms with Crippen LogP contribution in [0, 0.1) is 5.41 Å². The monoisotopic (exact) mass is 242 g/mol. The lowest BCUT2D eigenvalue weighted by molar-refractivity contribution is 0.120. The van der Waals surface area contributed by atoms with E-state index in [-0.39, 0.29) is 0 Å². The van der Waals surface area contributed by atoms with Gasteiger partial charge in [0.1, 0.15) is 0 Å². The van der Waals surface area contributed by atoms with E-state index in [0.29, 0.717) is 12.0 Å². The lowest BCUT2D eigenvalue weighted by atomic mass is 9.90. The summed E-state index contributed by atoms with van der Waals surface area (Å²) in [6.07, 6.45) is 3.56. The minimum Gasteiger partial charge on any atom is -0.396 e. The maximum absolute atomic E-state index is 8.80. The van der Waals surface area contributed by atoms with Crippen molar-refractivity contribution >= 4 is 0 Å². The minimum atomic E-state index is 0.325. The highest BCUT2D eigenvalue weighted by atomic mass is 16.3. The summed E-state index contributed by atoms with van der Waals surface area (Å²) in [5.41, 5.74) is 0.475. The Morgan fingerprint density at radius 2 is 1.35 bits per heavy atom. The van der Waals surface area contributed by atoms with Crippen LogP contribution >= 0.6 is 0 Å². The molecule has 1 heterocycles. The number of hydrogen-bond donors (Lipinski definition) is 1. The van der Waals surface area contributed by atoms with E-state index in [1.165, 1.54) is 45.6 Å². The van der Waals surface area contributed by atoms with Crippen molar-refractivity contribution in [3.05, 3.63) is 0 Å². The van der Waals surface area contributed by atoms with Crippen LogP contribution in [-0.4, -0.2) is 60.8 Å². The smallest absolute Gasteiger partial charge is 0.0443 e. The summed E-state index contributed by atoms with van der Waals surface area (Å²) in [5, 5.41) is 8.80. The zero-order valence-electron chi connectivity index (χ0n) is 11.9. The van der Waals surface area contributed by atoms with Crippen molar-refractivity contribution in [2.24, 2.45) is 5.41 Å². The molecular formula is C14H30N2O. The maximum atomic E-state index is 8.80. The molecule has 1 saturated heterocycles. The first kappa shape index (κ1) is 14.9. The molecule has 1 aliphatic rings. The molecule has 0 bridgehead atoms. The molecule has 0 aliphatic carbocycles. The third kappa shape index (κ3) is 7.02. The molecule has 0 saturated carbocycles. The van der Waals surface area contributed by atoms with Crippen molar-refractivity contribution in [1.82, 2.24) is 9.80 Å². The molecular weight excluding hydrogens is 212 g/mol. The van der Waals surface area contributed by atoms with Crippen LogP contribution in [0.2, 0.25) is 0 Å². The van der Waals surface area contributed by atoms with Gasteiger partial charge in [-0.05, 0) is 31.2 Å². The van der Waals surface area contributed by atoms with E-state index >= 15 is 0 Å². The molecule has 1 N–H and O–H groups in total. The number of nitrogens with zero attached hydrogens (tertiary/aromatic N) is 2. The minimum absolute atomic E-state index is 0.325. The van der Waals surface area contributed by atoms with Gasteiger partial charge in [0.15, 0.2) is 0 Å². The van der Waals surface area contributed by atoms with Gasteiger partial charge in [-0.15, -0.1) is 0 Å². The predicted molar refractivity (Wildman–Crippen MR) is 73.3 cm³/mol. The van der Waals surface area contributed by atoms with Crippen molar-refractivity contribution in [2.75, 3.05) is 45.9 Å². The van der Waals surface area contributed by atoms with Crippen LogP contribution in [0.3, 0.4) is 0 Å². The van der Waals surface area contributed by atoms with Crippen LogP contribution in [0.25, 0.3) is 0 Å². The van der Waals surface area contributed by atoms with E-state index in [4.69, 9.17) is 5.11 Å². The summed E-state index contributed by atoms with van der Waals surface area (Å²) >= 11 is 0. The fourth-order valence-electron chi connectivity index (χ4n) is 2.36. The van der Waals surface area contributed by atoms with Gasteiger partial charge < -0.3 is 14.9 Å². The molecule has 1 aliphatic heterocycles. The second-order valence-corrected chi connectivity index (χ2v) is 6.42. The van der Waals surface area contributed by atoms with Gasteiger partial charge >= 0.3 is 0 Å². The summed E-state index contributed by atoms with van der Waals surface area (Å²) < 4.78 is 0. The standard InChI is InChI=1S/C14H30N2O/c1-14(2,3)6-4-7-15-9-11-16(12-10-15)8-5-13-17/h17H,4-13H2,1-3H3. The Morgan fingerprint density at radius 3 is 1.76 bits per heavy atom. The molecule has 0 spiro atoms. The van der Waals surface area contributed by atoms with Crippen LogP contribution in [-0.2, 0) is 0 Å². The molecule has 0 amide bonds. The first-order valence-corrected chi connectivity index (χ1v) is 7.07. The van der Waals surface area contributed by atoms with Gasteiger partial charge in [0.05, 0.1) is 0 Å². The Hall–Kier alpha value is -0.120. The van der Waals surface area contributed by atoms with Crippen molar-refractivity contribution in [3.63, 3.8) is 0 Å². The van der Waals surface area contributed by atoms with Gasteiger partial charge in [0.2, 0.25) is 0 Å². The molecule has 0 aromatic carbocycles. The predicted octanol–water partition coefficient (Wildman–Crippen LogP) is 1.81. The third-order valence-electron chi connectivity index (χ3n) is 3.50. The van der Waals surface area contributed by atoms with E-state index in [9.17, 15) is 0 Å². The number of aliphatic hydroxyl groups excluding tert-OH is 1. The topological polar surface area (TPSA) is 26.7 Å². The molecule has 3 nitrogen and oxygen atoms in total. The molecule has 3 heteroatoms. The molecule has 0 aromatic heterocycles. The Bertz CT molecular complexity index is 193. The summed E-state index contributed by atoms with van der Waals surface area (Å²) in [6, 6.07) is 0. The molecule has 0 unspecified atom stereocenters. The molecule has 102 valence electrons. The average molecular weight is 242 g/mol. The van der Waals surface area contributed by atoms with Crippen molar-refractivity contribution in [2.45, 2.75) is 40.0 Å². The van der Waals surface area contributed by atoms with Gasteiger partial charge in [0.25, 0.3) is 0 Å². The first-order valence-electron chi connectivity index (χ1n) is 7.07. The molecule has 17 heavy (non-hydrogen) atoms. The Morgan fingerprint density at radius 1 is 0.882 bits per heavy atom. The fourth-order valence-corrected chi connectivity index (χ4v) is 2.36. The van der Waals surface area contributed by atoms with Crippen molar-refractivity contribution < 1.29 is 5.11 Å². The van der Waals surface area contributed by atoms with Gasteiger partial charge in [-0.25, -0.2) is 0 Å². The Balaban J connectivity index is 2.07. The fraction of sp³-hybridized carbons (Fsp3) is 1.00. The van der Waals surface area contributed by atoms with Gasteiger partial charge in [-0.3, -0.25) is 0 Å². The zero-order chi connectivity index (χ0) is 12.7. The average Bonchev–Trinajstić information content (AvgIpc) is 2.26. The van der Waals surface area contributed by atoms with E-state index in [0.717, 1.165) is 13.0 Å². The highest BCUT2D eigenvalue weighted by Crippen LogP contribution is 2.20. The van der Waals surface area contributed by atoms with Gasteiger partial charge in [-0.2, -0.15) is 0 Å². The van der Waals surface area contributed by atoms with Crippen molar-refractivity contribution in [1.29, 1.82) is 0 Å². The second kappa shape index (κ2) is 7.34. The van der Waals surface area contributed by atoms with Crippen LogP contribution in [0.1, 0.15) is 40.0 Å². The number of aliphatic hydroxyl groups is 1. The van der Waals surface area contributed by atoms with Gasteiger partial charge in [-0.1, -0.05) is 20.8 Å². The lowest BCUT2D eigenvalue weighted by Gasteiger charge is -2.35. The quantitative estimate of drug-likeness (QED) is 0.769. The van der Waals surface area contributed by atoms with E-state index in [1.807, 2.05) is 0 Å². The molecule has 0 atom stereocenters. The largest absolute Gasteiger partial charge is 0.396 e. The normalized spacial score (nSPS) is 19.8. The van der Waals surface area contributed by atoms with Crippen molar-refractivity contribution in [3.8, 4) is 0 Å². The number of piperazine rings is 1. The van der Waals surface area contributed by atoms with E-state index in [2.05, 4.69) is 30.6 Å². The molecule has 1 fully saturated rings. The molecule has 0 aromatic rings. The third-order valence-corrected chi connectivity index (χ3v) is 3.50. The first-order chi connectivity index (χ1) is 8.01. The SMILES string of the molecule is CC(C)(C)CCCN1CCN(CCCO)CC1. The zero-order valence-corrected chi connectivity index (χ0v) is 11.9. The second-order valence-electron chi connectivity index (χ2n) is 6.42. The Labute approximate surface area is 107 Å². The number of hydrogen-bond acceptors (Lipinski definition) is 3. The highest BCUT2D eigenvalue weighted by Gasteiger charge is 2.17. The van der Waals surface area contributed by atoms with Crippen LogP contribution in [0.4, 0.5) is 0 Å². The van der Waals surface area contributed by atoms with Crippen LogP contribution in [0.15, 0.2) is 0 Å². The van der Waals surface area contributed by atoms with Gasteiger partial charge in [0, 0.05) is 39.3 Å². The maximum Gasteiger partial charge on any atom is 0.0443 e. The van der Waals surface area contributed by atoms with E-state index < -0.39 is 0 Å². The summed E-state index contributed by atoms with van der Waals surface area (Å²) in [4.78, 5) is 5.05. The molecule has 1 rings (SSSR count). The highest BCUT2D eigenvalue weighted by molar-refractivity contribution is 4.72. The number of rotatable bonds is 6.